The second-order valence-electron chi connectivity index (χ2n) is 13.3. The van der Waals surface area contributed by atoms with Gasteiger partial charge in [-0.1, -0.05) is 38.8 Å². The lowest BCUT2D eigenvalue weighted by molar-refractivity contribution is -0.0873. The van der Waals surface area contributed by atoms with Gasteiger partial charge in [-0.25, -0.2) is 9.59 Å². The van der Waals surface area contributed by atoms with Crippen LogP contribution in [0.1, 0.15) is 87.6 Å². The summed E-state index contributed by atoms with van der Waals surface area (Å²) in [5.74, 6) is 0.551. The van der Waals surface area contributed by atoms with Crippen molar-refractivity contribution >= 4 is 19.8 Å². The average Bonchev–Trinajstić information content (AvgIpc) is 3.54. The van der Waals surface area contributed by atoms with Crippen molar-refractivity contribution in [1.29, 1.82) is 0 Å². The maximum atomic E-state index is 13.2. The molecule has 42 heavy (non-hydrogen) atoms. The average molecular weight is 585 g/mol. The fourth-order valence-electron chi connectivity index (χ4n) is 6.45. The lowest BCUT2D eigenvalue weighted by atomic mass is 9.76. The number of carboxylic acid groups (broad SMARTS) is 1. The van der Waals surface area contributed by atoms with Gasteiger partial charge in [-0.2, -0.15) is 0 Å². The van der Waals surface area contributed by atoms with E-state index in [1.165, 1.54) is 49.4 Å². The molecule has 1 atom stereocenters. The zero-order chi connectivity index (χ0) is 29.9. The molecule has 3 saturated heterocycles. The van der Waals surface area contributed by atoms with Crippen molar-refractivity contribution < 1.29 is 33.5 Å². The molecule has 0 bridgehead atoms. The van der Waals surface area contributed by atoms with Crippen molar-refractivity contribution in [1.82, 2.24) is 14.7 Å². The molecule has 1 unspecified atom stereocenters. The third-order valence-corrected chi connectivity index (χ3v) is 10.00. The Kier molecular flexibility index (Phi) is 9.71. The lowest BCUT2D eigenvalue weighted by Gasteiger charge is -2.44. The van der Waals surface area contributed by atoms with Gasteiger partial charge in [0.25, 0.3) is 0 Å². The molecule has 1 aromatic carbocycles. The minimum Gasteiger partial charge on any atom is -0.465 e. The summed E-state index contributed by atoms with van der Waals surface area (Å²) in [7, 11) is 1.44. The van der Waals surface area contributed by atoms with Crippen LogP contribution in [0.3, 0.4) is 0 Å². The zero-order valence-corrected chi connectivity index (χ0v) is 25.7. The van der Waals surface area contributed by atoms with Crippen molar-refractivity contribution in [2.45, 2.75) is 83.9 Å². The fourth-order valence-corrected chi connectivity index (χ4v) is 6.45. The normalized spacial score (nSPS) is 25.6. The van der Waals surface area contributed by atoms with Gasteiger partial charge in [0, 0.05) is 44.7 Å². The Morgan fingerprint density at radius 3 is 2.31 bits per heavy atom. The first-order valence-electron chi connectivity index (χ1n) is 15.5. The van der Waals surface area contributed by atoms with Gasteiger partial charge in [-0.15, -0.1) is 0 Å². The van der Waals surface area contributed by atoms with Crippen LogP contribution in [0.4, 0.5) is 9.59 Å². The first-order chi connectivity index (χ1) is 20.1. The Hall–Kier alpha value is -2.34. The summed E-state index contributed by atoms with van der Waals surface area (Å²) in [6.45, 7) is 14.0. The molecular formula is C31H47BN3O7. The first-order valence-corrected chi connectivity index (χ1v) is 15.5. The maximum Gasteiger partial charge on any atom is 0.488 e. The van der Waals surface area contributed by atoms with Crippen molar-refractivity contribution in [2.75, 3.05) is 59.2 Å². The SMILES string of the molecule is CC1(C)CO[B]OC1(C)C.O=C(N1CCOCC1)N1CCc2cc(C3CCCC3)cc(C3COCCN3C(=O)O)c2C1. The van der Waals surface area contributed by atoms with Gasteiger partial charge in [-0.05, 0) is 61.3 Å². The number of rotatable bonds is 2. The first kappa shape index (κ1) is 31.1. The van der Waals surface area contributed by atoms with Gasteiger partial charge in [0.1, 0.15) is 0 Å². The summed E-state index contributed by atoms with van der Waals surface area (Å²) >= 11 is 0. The topological polar surface area (TPSA) is 101 Å². The monoisotopic (exact) mass is 584 g/mol. The molecule has 0 aromatic heterocycles. The van der Waals surface area contributed by atoms with Crippen molar-refractivity contribution in [3.8, 4) is 0 Å². The molecule has 231 valence electrons. The van der Waals surface area contributed by atoms with Crippen molar-refractivity contribution in [2.24, 2.45) is 5.41 Å². The number of fused-ring (bicyclic) bond motifs is 1. The van der Waals surface area contributed by atoms with E-state index in [9.17, 15) is 14.7 Å². The highest BCUT2D eigenvalue weighted by Crippen LogP contribution is 2.40. The predicted octanol–water partition coefficient (Wildman–Crippen LogP) is 4.58. The molecule has 1 aliphatic carbocycles. The van der Waals surface area contributed by atoms with Crippen LogP contribution in [0.5, 0.6) is 0 Å². The molecule has 6 rings (SSSR count). The number of ether oxygens (including phenoxy) is 2. The number of carbonyl (C=O) groups is 2. The molecule has 4 fully saturated rings. The number of amides is 3. The molecule has 0 spiro atoms. The van der Waals surface area contributed by atoms with E-state index in [1.807, 2.05) is 9.80 Å². The molecule has 4 heterocycles. The minimum atomic E-state index is -0.907. The molecule has 1 radical (unpaired) electrons. The van der Waals surface area contributed by atoms with Crippen molar-refractivity contribution in [3.05, 3.63) is 34.4 Å². The second-order valence-corrected chi connectivity index (χ2v) is 13.3. The molecule has 5 aliphatic rings. The van der Waals surface area contributed by atoms with Crippen LogP contribution in [0.15, 0.2) is 12.1 Å². The van der Waals surface area contributed by atoms with Gasteiger partial charge in [0.2, 0.25) is 0 Å². The molecule has 1 saturated carbocycles. The standard InChI is InChI=1S/C24H33N3O5.C7H14BO2/c28-23(25-7-10-31-11-8-25)26-6-5-18-13-19(17-3-1-2-4-17)14-20(21(18)15-26)22-16-32-12-9-27(22)24(29)30;1-6(2)5-9-8-10-7(6,3)4/h13-14,17,22H,1-12,15-16H2,(H,29,30);5H2,1-4H3. The molecular weight excluding hydrogens is 537 g/mol. The molecule has 1 aromatic rings. The van der Waals surface area contributed by atoms with Gasteiger partial charge in [0.05, 0.1) is 38.1 Å². The second kappa shape index (κ2) is 13.1. The van der Waals surface area contributed by atoms with E-state index in [0.717, 1.165) is 24.2 Å². The van der Waals surface area contributed by atoms with E-state index in [2.05, 4.69) is 39.8 Å². The highest BCUT2D eigenvalue weighted by atomic mass is 16.6. The van der Waals surface area contributed by atoms with Crippen LogP contribution in [0.25, 0.3) is 0 Å². The van der Waals surface area contributed by atoms with Crippen LogP contribution >= 0.6 is 0 Å². The smallest absolute Gasteiger partial charge is 0.465 e. The summed E-state index contributed by atoms with van der Waals surface area (Å²) in [6, 6.07) is 4.29. The Bertz CT molecular complexity index is 1100. The number of carbonyl (C=O) groups excluding carboxylic acids is 1. The fraction of sp³-hybridized carbons (Fsp3) is 0.742. The predicted molar refractivity (Wildman–Crippen MR) is 158 cm³/mol. The van der Waals surface area contributed by atoms with Gasteiger partial charge >= 0.3 is 19.8 Å². The highest BCUT2D eigenvalue weighted by molar-refractivity contribution is 6.18. The Labute approximate surface area is 250 Å². The molecule has 11 heteroatoms. The number of nitrogens with zero attached hydrogens (tertiary/aromatic N) is 3. The Morgan fingerprint density at radius 1 is 0.952 bits per heavy atom. The third-order valence-electron chi connectivity index (χ3n) is 10.00. The van der Waals surface area contributed by atoms with E-state index in [1.54, 1.807) is 0 Å². The van der Waals surface area contributed by atoms with E-state index in [-0.39, 0.29) is 23.1 Å². The number of hydrogen-bond acceptors (Lipinski definition) is 6. The summed E-state index contributed by atoms with van der Waals surface area (Å²) in [5.41, 5.74) is 4.74. The van der Waals surface area contributed by atoms with Gasteiger partial charge in [-0.3, -0.25) is 4.90 Å². The van der Waals surface area contributed by atoms with Crippen LogP contribution in [-0.2, 0) is 31.7 Å². The minimum absolute atomic E-state index is 0.0553. The molecule has 4 aliphatic heterocycles. The summed E-state index contributed by atoms with van der Waals surface area (Å²) in [5, 5.41) is 9.85. The number of morpholine rings is 2. The van der Waals surface area contributed by atoms with E-state index < -0.39 is 6.09 Å². The van der Waals surface area contributed by atoms with Crippen LogP contribution in [-0.4, -0.2) is 104 Å². The third kappa shape index (κ3) is 6.74. The van der Waals surface area contributed by atoms with E-state index in [0.29, 0.717) is 65.1 Å². The van der Waals surface area contributed by atoms with Gasteiger partial charge < -0.3 is 33.7 Å². The van der Waals surface area contributed by atoms with Crippen LogP contribution in [0.2, 0.25) is 0 Å². The summed E-state index contributed by atoms with van der Waals surface area (Å²) in [4.78, 5) is 30.5. The van der Waals surface area contributed by atoms with Crippen molar-refractivity contribution in [3.63, 3.8) is 0 Å². The lowest BCUT2D eigenvalue weighted by Crippen LogP contribution is -2.50. The van der Waals surface area contributed by atoms with Crippen LogP contribution < -0.4 is 0 Å². The molecule has 1 N–H and O–H groups in total. The number of benzene rings is 1. The highest BCUT2D eigenvalue weighted by Gasteiger charge is 2.41. The number of urea groups is 1. The Balaban J connectivity index is 0.000000300. The van der Waals surface area contributed by atoms with E-state index in [4.69, 9.17) is 18.8 Å². The van der Waals surface area contributed by atoms with Crippen LogP contribution in [0, 0.1) is 5.41 Å². The van der Waals surface area contributed by atoms with Gasteiger partial charge in [0.15, 0.2) is 0 Å². The quantitative estimate of drug-likeness (QED) is 0.508. The number of hydrogen-bond donors (Lipinski definition) is 1. The zero-order valence-electron chi connectivity index (χ0n) is 25.7. The molecule has 10 nitrogen and oxygen atoms in total. The molecule has 3 amide bonds. The summed E-state index contributed by atoms with van der Waals surface area (Å²) in [6.07, 6.45) is 4.81. The largest absolute Gasteiger partial charge is 0.488 e. The maximum absolute atomic E-state index is 13.2. The van der Waals surface area contributed by atoms with E-state index >= 15 is 0 Å². The summed E-state index contributed by atoms with van der Waals surface area (Å²) < 4.78 is 21.5. The Morgan fingerprint density at radius 2 is 1.67 bits per heavy atom.